The molecule has 2 aliphatic carbocycles. The summed E-state index contributed by atoms with van der Waals surface area (Å²) in [6, 6.07) is -0.273. The Balaban J connectivity index is 1.78. The van der Waals surface area contributed by atoms with Gasteiger partial charge in [-0.3, -0.25) is 0 Å². The van der Waals surface area contributed by atoms with Crippen molar-refractivity contribution >= 4 is 28.6 Å². The lowest BCUT2D eigenvalue weighted by Crippen LogP contribution is -2.31. The summed E-state index contributed by atoms with van der Waals surface area (Å²) in [5, 5.41) is 23.1. The number of anilines is 1. The first-order chi connectivity index (χ1) is 10.6. The van der Waals surface area contributed by atoms with Gasteiger partial charge < -0.3 is 20.1 Å². The second-order valence-electron chi connectivity index (χ2n) is 5.82. The quantitative estimate of drug-likeness (QED) is 0.718. The normalized spacial score (nSPS) is 33.2. The van der Waals surface area contributed by atoms with E-state index in [4.69, 9.17) is 11.6 Å². The van der Waals surface area contributed by atoms with Gasteiger partial charge in [0.1, 0.15) is 12.8 Å². The number of imidazole rings is 1. The van der Waals surface area contributed by atoms with Crippen LogP contribution in [0.2, 0.25) is 5.28 Å². The van der Waals surface area contributed by atoms with Gasteiger partial charge in [-0.1, -0.05) is 0 Å². The molecular formula is C13H15ClFN5O2. The van der Waals surface area contributed by atoms with Gasteiger partial charge in [0.25, 0.3) is 0 Å². The molecule has 0 amide bonds. The molecule has 2 aromatic heterocycles. The van der Waals surface area contributed by atoms with Crippen LogP contribution in [0.4, 0.5) is 10.2 Å². The molecule has 0 bridgehead atoms. The average molecular weight is 328 g/mol. The zero-order valence-corrected chi connectivity index (χ0v) is 12.3. The Hall–Kier alpha value is -1.51. The van der Waals surface area contributed by atoms with E-state index >= 15 is 0 Å². The molecular weight excluding hydrogens is 313 g/mol. The van der Waals surface area contributed by atoms with Crippen molar-refractivity contribution in [1.29, 1.82) is 0 Å². The predicted octanol–water partition coefficient (Wildman–Crippen LogP) is 0.774. The third kappa shape index (κ3) is 1.98. The summed E-state index contributed by atoms with van der Waals surface area (Å²) in [6.45, 7) is -0.439. The number of nitrogens with zero attached hydrogens (tertiary/aromatic N) is 4. The zero-order chi connectivity index (χ0) is 15.4. The van der Waals surface area contributed by atoms with Crippen LogP contribution in [0.15, 0.2) is 6.33 Å². The number of aliphatic hydroxyl groups excluding tert-OH is 2. The Morgan fingerprint density at radius 2 is 2.14 bits per heavy atom. The third-order valence-corrected chi connectivity index (χ3v) is 4.74. The highest BCUT2D eigenvalue weighted by Crippen LogP contribution is 2.57. The van der Waals surface area contributed by atoms with Crippen LogP contribution in [0.25, 0.3) is 11.2 Å². The zero-order valence-electron chi connectivity index (χ0n) is 11.5. The molecule has 0 saturated heterocycles. The number of halogens is 2. The molecule has 9 heteroatoms. The SMILES string of the molecule is O[C@@H]1[C@H](O)[C@@H]2C[C@@H]2[C@H]1n1cnc2c(NCCF)nc(Cl)nc21. The number of hydrogen-bond donors (Lipinski definition) is 3. The fourth-order valence-corrected chi connectivity index (χ4v) is 3.66. The molecule has 4 rings (SSSR count). The smallest absolute Gasteiger partial charge is 0.226 e. The van der Waals surface area contributed by atoms with Crippen LogP contribution < -0.4 is 5.32 Å². The summed E-state index contributed by atoms with van der Waals surface area (Å²) in [5.74, 6) is 0.726. The summed E-state index contributed by atoms with van der Waals surface area (Å²) in [6.07, 6.45) is 0.886. The summed E-state index contributed by atoms with van der Waals surface area (Å²) < 4.78 is 14.1. The van der Waals surface area contributed by atoms with Crippen molar-refractivity contribution in [2.24, 2.45) is 11.8 Å². The Bertz CT molecular complexity index is 726. The van der Waals surface area contributed by atoms with E-state index in [2.05, 4.69) is 20.3 Å². The third-order valence-electron chi connectivity index (χ3n) is 4.57. The minimum absolute atomic E-state index is 0.0241. The number of fused-ring (bicyclic) bond motifs is 2. The number of aliphatic hydroxyl groups is 2. The minimum atomic E-state index is -0.850. The van der Waals surface area contributed by atoms with Crippen molar-refractivity contribution in [3.05, 3.63) is 11.6 Å². The lowest BCUT2D eigenvalue weighted by molar-refractivity contribution is 0.00386. The van der Waals surface area contributed by atoms with E-state index in [-0.39, 0.29) is 29.7 Å². The van der Waals surface area contributed by atoms with E-state index < -0.39 is 18.9 Å². The van der Waals surface area contributed by atoms with Gasteiger partial charge >= 0.3 is 0 Å². The maximum Gasteiger partial charge on any atom is 0.226 e. The maximum atomic E-state index is 12.4. The van der Waals surface area contributed by atoms with Crippen molar-refractivity contribution in [2.45, 2.75) is 24.7 Å². The summed E-state index contributed by atoms with van der Waals surface area (Å²) in [5.41, 5.74) is 0.953. The standard InChI is InChI=1S/C13H15ClFN5O2/c14-13-18-11(16-2-1-15)7-12(19-13)20(4-17-7)8-5-3-6(5)9(21)10(8)22/h4-6,8-10,21-22H,1-3H2,(H,16,18,19)/t5-,6+,8+,9+,10-/m0/s1. The molecule has 2 aliphatic rings. The second-order valence-corrected chi connectivity index (χ2v) is 6.15. The van der Waals surface area contributed by atoms with Crippen molar-refractivity contribution in [1.82, 2.24) is 19.5 Å². The molecule has 118 valence electrons. The first-order valence-corrected chi connectivity index (χ1v) is 7.55. The highest BCUT2D eigenvalue weighted by molar-refractivity contribution is 6.28. The molecule has 0 aliphatic heterocycles. The topological polar surface area (TPSA) is 96.1 Å². The molecule has 2 heterocycles. The average Bonchev–Trinajstić information content (AvgIpc) is 3.11. The van der Waals surface area contributed by atoms with E-state index in [1.807, 2.05) is 0 Å². The largest absolute Gasteiger partial charge is 0.390 e. The van der Waals surface area contributed by atoms with E-state index in [1.54, 1.807) is 10.9 Å². The molecule has 0 spiro atoms. The molecule has 0 unspecified atom stereocenters. The Labute approximate surface area is 130 Å². The van der Waals surface area contributed by atoms with Gasteiger partial charge in [-0.15, -0.1) is 0 Å². The molecule has 7 nitrogen and oxygen atoms in total. The first-order valence-electron chi connectivity index (χ1n) is 7.18. The minimum Gasteiger partial charge on any atom is -0.390 e. The molecule has 22 heavy (non-hydrogen) atoms. The Morgan fingerprint density at radius 1 is 1.32 bits per heavy atom. The first kappa shape index (κ1) is 14.1. The van der Waals surface area contributed by atoms with Crippen LogP contribution in [-0.2, 0) is 0 Å². The number of nitrogens with one attached hydrogen (secondary N) is 1. The van der Waals surface area contributed by atoms with Crippen LogP contribution in [0, 0.1) is 11.8 Å². The Kier molecular flexibility index (Phi) is 3.21. The van der Waals surface area contributed by atoms with E-state index in [0.29, 0.717) is 17.0 Å². The van der Waals surface area contributed by atoms with Crippen molar-refractivity contribution < 1.29 is 14.6 Å². The molecule has 2 saturated carbocycles. The van der Waals surface area contributed by atoms with Crippen LogP contribution in [-0.4, -0.2) is 55.2 Å². The number of rotatable bonds is 4. The van der Waals surface area contributed by atoms with Gasteiger partial charge in [-0.25, -0.2) is 9.37 Å². The van der Waals surface area contributed by atoms with E-state index in [0.717, 1.165) is 6.42 Å². The van der Waals surface area contributed by atoms with Gasteiger partial charge in [0.2, 0.25) is 5.28 Å². The Morgan fingerprint density at radius 3 is 2.82 bits per heavy atom. The van der Waals surface area contributed by atoms with Crippen molar-refractivity contribution in [3.63, 3.8) is 0 Å². The van der Waals surface area contributed by atoms with Crippen molar-refractivity contribution in [2.75, 3.05) is 18.5 Å². The lowest BCUT2D eigenvalue weighted by Gasteiger charge is -2.22. The van der Waals surface area contributed by atoms with Gasteiger partial charge in [0, 0.05) is 6.54 Å². The molecule has 2 fully saturated rings. The van der Waals surface area contributed by atoms with Crippen LogP contribution >= 0.6 is 11.6 Å². The van der Waals surface area contributed by atoms with Crippen LogP contribution in [0.1, 0.15) is 12.5 Å². The molecule has 0 radical (unpaired) electrons. The fourth-order valence-electron chi connectivity index (χ4n) is 3.50. The van der Waals surface area contributed by atoms with Crippen LogP contribution in [0.3, 0.4) is 0 Å². The second kappa shape index (κ2) is 5.00. The summed E-state index contributed by atoms with van der Waals surface area (Å²) >= 11 is 5.94. The van der Waals surface area contributed by atoms with Gasteiger partial charge in [0.05, 0.1) is 18.5 Å². The summed E-state index contributed by atoms with van der Waals surface area (Å²) in [4.78, 5) is 12.5. The van der Waals surface area contributed by atoms with Gasteiger partial charge in [0.15, 0.2) is 17.0 Å². The number of aromatic nitrogens is 4. The van der Waals surface area contributed by atoms with Gasteiger partial charge in [-0.05, 0) is 29.9 Å². The molecule has 3 N–H and O–H groups in total. The van der Waals surface area contributed by atoms with Crippen LogP contribution in [0.5, 0.6) is 0 Å². The highest BCUT2D eigenvalue weighted by atomic mass is 35.5. The predicted molar refractivity (Wildman–Crippen MR) is 77.4 cm³/mol. The maximum absolute atomic E-state index is 12.4. The molecule has 0 aromatic carbocycles. The number of alkyl halides is 1. The van der Waals surface area contributed by atoms with Crippen molar-refractivity contribution in [3.8, 4) is 0 Å². The fraction of sp³-hybridized carbons (Fsp3) is 0.615. The molecule has 2 aromatic rings. The summed E-state index contributed by atoms with van der Waals surface area (Å²) in [7, 11) is 0. The monoisotopic (exact) mass is 327 g/mol. The van der Waals surface area contributed by atoms with Gasteiger partial charge in [-0.2, -0.15) is 9.97 Å². The van der Waals surface area contributed by atoms with E-state index in [1.165, 1.54) is 0 Å². The highest BCUT2D eigenvalue weighted by Gasteiger charge is 2.60. The lowest BCUT2D eigenvalue weighted by atomic mass is 10.1. The number of hydrogen-bond acceptors (Lipinski definition) is 6. The van der Waals surface area contributed by atoms with E-state index in [9.17, 15) is 14.6 Å². The molecule has 5 atom stereocenters.